The molecule has 1 aromatic rings. The van der Waals surface area contributed by atoms with Crippen LogP contribution in [0.4, 0.5) is 0 Å². The SMILES string of the molecule is CCCCCCCCCc1ccc(O[PH](=O)OCC(CC)CCCC)cc1.[Co+3]. The molecular weight excluding hydrogens is 414 g/mol. The maximum absolute atomic E-state index is 12.1. The van der Waals surface area contributed by atoms with Gasteiger partial charge >= 0.3 is 25.0 Å². The van der Waals surface area contributed by atoms with Crippen LogP contribution in [-0.2, 0) is 32.3 Å². The van der Waals surface area contributed by atoms with Gasteiger partial charge in [0.05, 0.1) is 6.61 Å². The van der Waals surface area contributed by atoms with Crippen LogP contribution < -0.4 is 4.52 Å². The van der Waals surface area contributed by atoms with Gasteiger partial charge in [0, 0.05) is 0 Å². The molecule has 0 aliphatic heterocycles. The summed E-state index contributed by atoms with van der Waals surface area (Å²) < 4.78 is 23.0. The zero-order chi connectivity index (χ0) is 19.7. The molecule has 0 saturated carbocycles. The number of benzene rings is 1. The van der Waals surface area contributed by atoms with Crippen LogP contribution in [0.5, 0.6) is 5.75 Å². The maximum Gasteiger partial charge on any atom is 3.00 e. The van der Waals surface area contributed by atoms with Gasteiger partial charge in [-0.05, 0) is 42.9 Å². The summed E-state index contributed by atoms with van der Waals surface area (Å²) >= 11 is 0. The topological polar surface area (TPSA) is 35.5 Å². The van der Waals surface area contributed by atoms with E-state index in [4.69, 9.17) is 9.05 Å². The van der Waals surface area contributed by atoms with Crippen LogP contribution in [0.3, 0.4) is 0 Å². The summed E-state index contributed by atoms with van der Waals surface area (Å²) in [7, 11) is -2.47. The van der Waals surface area contributed by atoms with Crippen molar-refractivity contribution in [1.29, 1.82) is 0 Å². The molecule has 0 bridgehead atoms. The van der Waals surface area contributed by atoms with Crippen molar-refractivity contribution in [2.45, 2.75) is 97.8 Å². The molecule has 0 aliphatic carbocycles. The van der Waals surface area contributed by atoms with E-state index in [9.17, 15) is 4.57 Å². The van der Waals surface area contributed by atoms with E-state index in [0.717, 1.165) is 19.3 Å². The molecule has 162 valence electrons. The monoisotopic (exact) mass is 455 g/mol. The Balaban J connectivity index is 0.00000729. The molecule has 28 heavy (non-hydrogen) atoms. The quantitative estimate of drug-likeness (QED) is 0.176. The number of rotatable bonds is 17. The van der Waals surface area contributed by atoms with Crippen LogP contribution in [0.1, 0.15) is 97.0 Å². The first-order valence-electron chi connectivity index (χ1n) is 11.1. The van der Waals surface area contributed by atoms with Crippen LogP contribution in [0, 0.1) is 5.92 Å². The molecule has 1 rings (SSSR count). The minimum Gasteiger partial charge on any atom is -0.426 e. The average Bonchev–Trinajstić information content (AvgIpc) is 2.68. The molecule has 2 unspecified atom stereocenters. The minimum atomic E-state index is -2.47. The van der Waals surface area contributed by atoms with Gasteiger partial charge in [0.1, 0.15) is 5.75 Å². The Hall–Kier alpha value is -0.284. The van der Waals surface area contributed by atoms with Crippen molar-refractivity contribution in [1.82, 2.24) is 0 Å². The molecule has 2 atom stereocenters. The number of unbranched alkanes of at least 4 members (excludes halogenated alkanes) is 7. The zero-order valence-electron chi connectivity index (χ0n) is 18.1. The van der Waals surface area contributed by atoms with Crippen molar-refractivity contribution in [3.63, 3.8) is 0 Å². The van der Waals surface area contributed by atoms with Gasteiger partial charge in [-0.1, -0.05) is 90.7 Å². The van der Waals surface area contributed by atoms with E-state index in [1.165, 1.54) is 63.4 Å². The molecule has 0 radical (unpaired) electrons. The Morgan fingerprint density at radius 1 is 0.857 bits per heavy atom. The van der Waals surface area contributed by atoms with Gasteiger partial charge in [-0.25, -0.2) is 4.57 Å². The third-order valence-electron chi connectivity index (χ3n) is 5.17. The fourth-order valence-corrected chi connectivity index (χ4v) is 3.98. The number of aryl methyl sites for hydroxylation is 1. The van der Waals surface area contributed by atoms with E-state index in [-0.39, 0.29) is 16.8 Å². The van der Waals surface area contributed by atoms with Crippen molar-refractivity contribution in [3.05, 3.63) is 29.8 Å². The first kappa shape index (κ1) is 27.7. The molecule has 0 fully saturated rings. The molecule has 0 amide bonds. The molecule has 0 saturated heterocycles. The Labute approximate surface area is 184 Å². The van der Waals surface area contributed by atoms with Crippen LogP contribution >= 0.6 is 8.25 Å². The van der Waals surface area contributed by atoms with E-state index in [1.54, 1.807) is 0 Å². The van der Waals surface area contributed by atoms with Gasteiger partial charge in [-0.15, -0.1) is 0 Å². The van der Waals surface area contributed by atoms with Crippen LogP contribution in [0.25, 0.3) is 0 Å². The summed E-state index contributed by atoms with van der Waals surface area (Å²) in [6, 6.07) is 7.99. The molecular formula is C23H41CoO3P+3. The fraction of sp³-hybridized carbons (Fsp3) is 0.739. The molecule has 0 heterocycles. The summed E-state index contributed by atoms with van der Waals surface area (Å²) in [4.78, 5) is 0. The number of hydrogen-bond donors (Lipinski definition) is 0. The second kappa shape index (κ2) is 18.7. The van der Waals surface area contributed by atoms with Crippen LogP contribution in [0.2, 0.25) is 0 Å². The van der Waals surface area contributed by atoms with Gasteiger partial charge in [0.25, 0.3) is 0 Å². The standard InChI is InChI=1S/C23H41O3P.Co/c1-4-7-9-10-11-12-13-15-22-16-18-23(19-17-22)26-27(24)25-20-21(6-3)14-8-5-2;/h16-19,21,27H,4-15,20H2,1-3H3;/q;+3. The van der Waals surface area contributed by atoms with Gasteiger partial charge in [-0.3, -0.25) is 0 Å². The molecule has 0 N–H and O–H groups in total. The Bertz CT molecular complexity index is 493. The van der Waals surface area contributed by atoms with Crippen molar-refractivity contribution in [2.75, 3.05) is 6.61 Å². The smallest absolute Gasteiger partial charge is 0.426 e. The maximum atomic E-state index is 12.1. The minimum absolute atomic E-state index is 0. The molecule has 0 aromatic heterocycles. The van der Waals surface area contributed by atoms with Crippen molar-refractivity contribution < 1.29 is 30.4 Å². The predicted molar refractivity (Wildman–Crippen MR) is 117 cm³/mol. The first-order valence-corrected chi connectivity index (χ1v) is 12.4. The molecule has 0 aliphatic rings. The Morgan fingerprint density at radius 2 is 1.46 bits per heavy atom. The molecule has 3 nitrogen and oxygen atoms in total. The third kappa shape index (κ3) is 13.8. The summed E-state index contributed by atoms with van der Waals surface area (Å²) in [5.41, 5.74) is 1.32. The van der Waals surface area contributed by atoms with E-state index in [2.05, 4.69) is 32.9 Å². The largest absolute Gasteiger partial charge is 3.00 e. The molecule has 0 spiro atoms. The summed E-state index contributed by atoms with van der Waals surface area (Å²) in [5.74, 6) is 1.12. The first-order chi connectivity index (χ1) is 13.2. The average molecular weight is 455 g/mol. The summed E-state index contributed by atoms with van der Waals surface area (Å²) in [6.45, 7) is 7.14. The second-order valence-electron chi connectivity index (χ2n) is 7.59. The second-order valence-corrected chi connectivity index (χ2v) is 8.59. The van der Waals surface area contributed by atoms with E-state index in [1.807, 2.05) is 12.1 Å². The van der Waals surface area contributed by atoms with Crippen LogP contribution in [-0.4, -0.2) is 6.61 Å². The predicted octanol–water partition coefficient (Wildman–Crippen LogP) is 7.98. The fourth-order valence-electron chi connectivity index (χ4n) is 3.22. The van der Waals surface area contributed by atoms with E-state index in [0.29, 0.717) is 18.3 Å². The van der Waals surface area contributed by atoms with Crippen molar-refractivity contribution in [2.24, 2.45) is 5.92 Å². The zero-order valence-corrected chi connectivity index (χ0v) is 20.2. The van der Waals surface area contributed by atoms with Crippen molar-refractivity contribution in [3.8, 4) is 5.75 Å². The third-order valence-corrected chi connectivity index (χ3v) is 5.98. The Morgan fingerprint density at radius 3 is 2.07 bits per heavy atom. The van der Waals surface area contributed by atoms with Crippen molar-refractivity contribution >= 4 is 8.25 Å². The van der Waals surface area contributed by atoms with E-state index >= 15 is 0 Å². The van der Waals surface area contributed by atoms with Gasteiger partial charge in [0.15, 0.2) is 0 Å². The Kier molecular flexibility index (Phi) is 18.5. The van der Waals surface area contributed by atoms with Gasteiger partial charge in [0.2, 0.25) is 0 Å². The van der Waals surface area contributed by atoms with Gasteiger partial charge < -0.3 is 9.05 Å². The normalized spacial score (nSPS) is 13.0. The molecule has 1 aromatic carbocycles. The van der Waals surface area contributed by atoms with E-state index < -0.39 is 8.25 Å². The van der Waals surface area contributed by atoms with Crippen LogP contribution in [0.15, 0.2) is 24.3 Å². The van der Waals surface area contributed by atoms with Gasteiger partial charge in [-0.2, -0.15) is 0 Å². The molecule has 5 heteroatoms. The number of hydrogen-bond acceptors (Lipinski definition) is 3. The summed E-state index contributed by atoms with van der Waals surface area (Å²) in [5, 5.41) is 0. The summed E-state index contributed by atoms with van der Waals surface area (Å²) in [6.07, 6.45) is 15.0.